The number of amides is 1. The Balaban J connectivity index is 2.15. The van der Waals surface area contributed by atoms with E-state index in [0.29, 0.717) is 0 Å². The molecular weight excluding hydrogens is 278 g/mol. The lowest BCUT2D eigenvalue weighted by Gasteiger charge is -2.30. The average molecular weight is 297 g/mol. The first-order valence-corrected chi connectivity index (χ1v) is 8.04. The predicted molar refractivity (Wildman–Crippen MR) is 75.8 cm³/mol. The Kier molecular flexibility index (Phi) is 4.42. The summed E-state index contributed by atoms with van der Waals surface area (Å²) in [4.78, 5) is 11.1. The van der Waals surface area contributed by atoms with Crippen LogP contribution in [0.15, 0.2) is 29.2 Å². The average Bonchev–Trinajstić information content (AvgIpc) is 2.41. The van der Waals surface area contributed by atoms with Gasteiger partial charge in [0.25, 0.3) is 0 Å². The maximum Gasteiger partial charge on any atom is 0.248 e. The molecule has 4 N–H and O–H groups in total. The highest BCUT2D eigenvalue weighted by molar-refractivity contribution is 7.89. The molecule has 1 aromatic carbocycles. The summed E-state index contributed by atoms with van der Waals surface area (Å²) < 4.78 is 27.2. The van der Waals surface area contributed by atoms with E-state index < -0.39 is 15.9 Å². The summed E-state index contributed by atoms with van der Waals surface area (Å²) in [5, 5.41) is 3.24. The second-order valence-electron chi connectivity index (χ2n) is 5.00. The van der Waals surface area contributed by atoms with Gasteiger partial charge in [0.1, 0.15) is 0 Å². The van der Waals surface area contributed by atoms with E-state index in [0.717, 1.165) is 19.4 Å². The van der Waals surface area contributed by atoms with E-state index >= 15 is 0 Å². The number of hydrogen-bond donors (Lipinski definition) is 3. The standard InChI is InChI=1S/C13H19N3O3S/c1-9-12(3-2-8-15-9)16-20(18,19)11-6-4-10(5-7-11)13(14)17/h4-7,9,12,15-16H,2-3,8H2,1H3,(H2,14,17). The summed E-state index contributed by atoms with van der Waals surface area (Å²) in [6, 6.07) is 5.60. The molecule has 2 atom stereocenters. The first-order valence-electron chi connectivity index (χ1n) is 6.56. The molecule has 0 aromatic heterocycles. The molecule has 1 aliphatic rings. The molecule has 1 fully saturated rings. The van der Waals surface area contributed by atoms with E-state index in [1.165, 1.54) is 24.3 Å². The van der Waals surface area contributed by atoms with E-state index in [2.05, 4.69) is 10.0 Å². The molecule has 0 radical (unpaired) electrons. The molecule has 0 aliphatic carbocycles. The number of primary amides is 1. The molecule has 6 nitrogen and oxygen atoms in total. The molecule has 0 spiro atoms. The van der Waals surface area contributed by atoms with Gasteiger partial charge >= 0.3 is 0 Å². The van der Waals surface area contributed by atoms with Crippen molar-refractivity contribution in [3.8, 4) is 0 Å². The summed E-state index contributed by atoms with van der Waals surface area (Å²) in [6.07, 6.45) is 1.75. The van der Waals surface area contributed by atoms with Gasteiger partial charge in [0.05, 0.1) is 4.90 Å². The van der Waals surface area contributed by atoms with Crippen LogP contribution < -0.4 is 15.8 Å². The smallest absolute Gasteiger partial charge is 0.248 e. The van der Waals surface area contributed by atoms with E-state index in [1.54, 1.807) is 0 Å². The molecular formula is C13H19N3O3S. The number of nitrogens with one attached hydrogen (secondary N) is 2. The lowest BCUT2D eigenvalue weighted by molar-refractivity contribution is 0.1000. The van der Waals surface area contributed by atoms with Crippen molar-refractivity contribution in [3.05, 3.63) is 29.8 Å². The van der Waals surface area contributed by atoms with E-state index in [1.807, 2.05) is 6.92 Å². The molecule has 2 unspecified atom stereocenters. The summed E-state index contributed by atoms with van der Waals surface area (Å²) in [6.45, 7) is 2.87. The fourth-order valence-corrected chi connectivity index (χ4v) is 3.62. The van der Waals surface area contributed by atoms with Crippen molar-refractivity contribution in [3.63, 3.8) is 0 Å². The summed E-state index contributed by atoms with van der Waals surface area (Å²) in [5.41, 5.74) is 5.42. The Morgan fingerprint density at radius 1 is 1.35 bits per heavy atom. The number of hydrogen-bond acceptors (Lipinski definition) is 4. The third-order valence-electron chi connectivity index (χ3n) is 3.52. The topological polar surface area (TPSA) is 101 Å². The first-order chi connectivity index (χ1) is 9.40. The molecule has 2 rings (SSSR count). The Morgan fingerprint density at radius 2 is 2.00 bits per heavy atom. The molecule has 7 heteroatoms. The Bertz CT molecular complexity index is 583. The van der Waals surface area contributed by atoms with Gasteiger partial charge in [0.15, 0.2) is 0 Å². The molecule has 1 saturated heterocycles. The van der Waals surface area contributed by atoms with Crippen molar-refractivity contribution < 1.29 is 13.2 Å². The number of benzene rings is 1. The van der Waals surface area contributed by atoms with Gasteiger partial charge in [0, 0.05) is 17.6 Å². The zero-order valence-electron chi connectivity index (χ0n) is 11.3. The summed E-state index contributed by atoms with van der Waals surface area (Å²) in [7, 11) is -3.58. The van der Waals surface area contributed by atoms with Gasteiger partial charge < -0.3 is 11.1 Å². The minimum Gasteiger partial charge on any atom is -0.366 e. The van der Waals surface area contributed by atoms with Crippen LogP contribution in [0.5, 0.6) is 0 Å². The second-order valence-corrected chi connectivity index (χ2v) is 6.72. The van der Waals surface area contributed by atoms with Crippen LogP contribution in [0.25, 0.3) is 0 Å². The van der Waals surface area contributed by atoms with Gasteiger partial charge in [-0.25, -0.2) is 13.1 Å². The highest BCUT2D eigenvalue weighted by atomic mass is 32.2. The molecule has 110 valence electrons. The van der Waals surface area contributed by atoms with Crippen molar-refractivity contribution >= 4 is 15.9 Å². The highest BCUT2D eigenvalue weighted by Gasteiger charge is 2.26. The summed E-state index contributed by atoms with van der Waals surface area (Å²) >= 11 is 0. The second kappa shape index (κ2) is 5.90. The Labute approximate surface area is 118 Å². The molecule has 1 heterocycles. The number of sulfonamides is 1. The number of rotatable bonds is 4. The van der Waals surface area contributed by atoms with Crippen LogP contribution in [-0.4, -0.2) is 33.0 Å². The molecule has 1 aliphatic heterocycles. The lowest BCUT2D eigenvalue weighted by atomic mass is 10.0. The number of carbonyl (C=O) groups is 1. The van der Waals surface area contributed by atoms with Crippen molar-refractivity contribution in [2.45, 2.75) is 36.7 Å². The van der Waals surface area contributed by atoms with Gasteiger partial charge in [-0.3, -0.25) is 4.79 Å². The number of piperidine rings is 1. The maximum atomic E-state index is 12.3. The van der Waals surface area contributed by atoms with Crippen LogP contribution in [0.2, 0.25) is 0 Å². The third-order valence-corrected chi connectivity index (χ3v) is 5.02. The van der Waals surface area contributed by atoms with Crippen LogP contribution in [-0.2, 0) is 10.0 Å². The van der Waals surface area contributed by atoms with Crippen LogP contribution in [0.4, 0.5) is 0 Å². The molecule has 0 saturated carbocycles. The van der Waals surface area contributed by atoms with Crippen molar-refractivity contribution in [2.24, 2.45) is 5.73 Å². The largest absolute Gasteiger partial charge is 0.366 e. The van der Waals surface area contributed by atoms with E-state index in [9.17, 15) is 13.2 Å². The van der Waals surface area contributed by atoms with Gasteiger partial charge in [-0.15, -0.1) is 0 Å². The SMILES string of the molecule is CC1NCCCC1NS(=O)(=O)c1ccc(C(N)=O)cc1. The van der Waals surface area contributed by atoms with Crippen molar-refractivity contribution in [2.75, 3.05) is 6.54 Å². The Hall–Kier alpha value is -1.44. The molecule has 0 bridgehead atoms. The summed E-state index contributed by atoms with van der Waals surface area (Å²) in [5.74, 6) is -0.577. The molecule has 1 aromatic rings. The quantitative estimate of drug-likeness (QED) is 0.739. The molecule has 20 heavy (non-hydrogen) atoms. The molecule has 1 amide bonds. The van der Waals surface area contributed by atoms with Crippen LogP contribution in [0.3, 0.4) is 0 Å². The zero-order valence-corrected chi connectivity index (χ0v) is 12.1. The number of nitrogens with two attached hydrogens (primary N) is 1. The van der Waals surface area contributed by atoms with Crippen LogP contribution in [0, 0.1) is 0 Å². The third kappa shape index (κ3) is 3.36. The minimum absolute atomic E-state index is 0.100. The monoisotopic (exact) mass is 297 g/mol. The maximum absolute atomic E-state index is 12.3. The fraction of sp³-hybridized carbons (Fsp3) is 0.462. The van der Waals surface area contributed by atoms with Crippen molar-refractivity contribution in [1.82, 2.24) is 10.0 Å². The van der Waals surface area contributed by atoms with Gasteiger partial charge in [0.2, 0.25) is 15.9 Å². The lowest BCUT2D eigenvalue weighted by Crippen LogP contribution is -2.51. The van der Waals surface area contributed by atoms with Gasteiger partial charge in [-0.2, -0.15) is 0 Å². The van der Waals surface area contributed by atoms with Gasteiger partial charge in [-0.05, 0) is 50.6 Å². The van der Waals surface area contributed by atoms with E-state index in [-0.39, 0.29) is 22.5 Å². The normalized spacial score (nSPS) is 23.4. The first kappa shape index (κ1) is 15.0. The van der Waals surface area contributed by atoms with Crippen LogP contribution in [0.1, 0.15) is 30.1 Å². The predicted octanol–water partition coefficient (Wildman–Crippen LogP) is 0.204. The minimum atomic E-state index is -3.58. The van der Waals surface area contributed by atoms with E-state index in [4.69, 9.17) is 5.73 Å². The number of carbonyl (C=O) groups excluding carboxylic acids is 1. The van der Waals surface area contributed by atoms with Crippen molar-refractivity contribution in [1.29, 1.82) is 0 Å². The zero-order chi connectivity index (χ0) is 14.8. The fourth-order valence-electron chi connectivity index (χ4n) is 2.27. The van der Waals surface area contributed by atoms with Gasteiger partial charge in [-0.1, -0.05) is 0 Å². The van der Waals surface area contributed by atoms with Crippen LogP contribution >= 0.6 is 0 Å². The Morgan fingerprint density at radius 3 is 2.55 bits per heavy atom. The highest BCUT2D eigenvalue weighted by Crippen LogP contribution is 2.15.